The Hall–Kier alpha value is -0.0800. The Balaban J connectivity index is 2.10. The van der Waals surface area contributed by atoms with Crippen LogP contribution in [0.15, 0.2) is 0 Å². The molecule has 2 nitrogen and oxygen atoms in total. The van der Waals surface area contributed by atoms with E-state index in [0.717, 1.165) is 30.5 Å². The fourth-order valence-corrected chi connectivity index (χ4v) is 4.85. The van der Waals surface area contributed by atoms with Crippen LogP contribution in [-0.2, 0) is 0 Å². The van der Waals surface area contributed by atoms with Crippen molar-refractivity contribution in [3.05, 3.63) is 0 Å². The van der Waals surface area contributed by atoms with Crippen LogP contribution in [0.1, 0.15) is 72.1 Å². The lowest BCUT2D eigenvalue weighted by atomic mass is 9.68. The lowest BCUT2D eigenvalue weighted by molar-refractivity contribution is 0.00545. The quantitative estimate of drug-likeness (QED) is 0.845. The van der Waals surface area contributed by atoms with E-state index in [1.165, 1.54) is 51.4 Å². The van der Waals surface area contributed by atoms with E-state index < -0.39 is 0 Å². The summed E-state index contributed by atoms with van der Waals surface area (Å²) in [6.45, 7) is 8.18. The Kier molecular flexibility index (Phi) is 5.53. The Morgan fingerprint density at radius 2 is 1.45 bits per heavy atom. The third-order valence-corrected chi connectivity index (χ3v) is 6.06. The second kappa shape index (κ2) is 6.79. The van der Waals surface area contributed by atoms with Crippen LogP contribution in [0.5, 0.6) is 0 Å². The Morgan fingerprint density at radius 3 is 2.05 bits per heavy atom. The number of hydrogen-bond donors (Lipinski definition) is 1. The van der Waals surface area contributed by atoms with Gasteiger partial charge < -0.3 is 5.73 Å². The van der Waals surface area contributed by atoms with E-state index in [1.54, 1.807) is 0 Å². The van der Waals surface area contributed by atoms with Gasteiger partial charge in [-0.1, -0.05) is 46.5 Å². The summed E-state index contributed by atoms with van der Waals surface area (Å²) in [7, 11) is 2.40. The average molecular weight is 280 g/mol. The van der Waals surface area contributed by atoms with Gasteiger partial charge >= 0.3 is 0 Å². The monoisotopic (exact) mass is 280 g/mol. The summed E-state index contributed by atoms with van der Waals surface area (Å²) in [5.41, 5.74) is 6.49. The highest BCUT2D eigenvalue weighted by Gasteiger charge is 2.39. The third kappa shape index (κ3) is 3.57. The van der Waals surface area contributed by atoms with Crippen molar-refractivity contribution in [2.75, 3.05) is 13.6 Å². The van der Waals surface area contributed by atoms with Gasteiger partial charge in [0.1, 0.15) is 0 Å². The Bertz CT molecular complexity index is 294. The van der Waals surface area contributed by atoms with Crippen molar-refractivity contribution in [2.24, 2.45) is 23.0 Å². The van der Waals surface area contributed by atoms with Gasteiger partial charge in [0.25, 0.3) is 0 Å². The summed E-state index contributed by atoms with van der Waals surface area (Å²) in [6, 6.07) is 1.52. The van der Waals surface area contributed by atoms with E-state index in [4.69, 9.17) is 5.73 Å². The molecule has 2 rings (SSSR count). The van der Waals surface area contributed by atoms with Crippen LogP contribution in [0.4, 0.5) is 0 Å². The van der Waals surface area contributed by atoms with Gasteiger partial charge in [0.05, 0.1) is 0 Å². The molecule has 0 amide bonds. The van der Waals surface area contributed by atoms with Crippen LogP contribution in [-0.4, -0.2) is 30.6 Å². The topological polar surface area (TPSA) is 29.3 Å². The first-order chi connectivity index (χ1) is 9.45. The van der Waals surface area contributed by atoms with Crippen LogP contribution >= 0.6 is 0 Å². The van der Waals surface area contributed by atoms with Crippen LogP contribution in [0, 0.1) is 17.3 Å². The molecular formula is C18H36N2. The Morgan fingerprint density at radius 1 is 0.900 bits per heavy atom. The first kappa shape index (κ1) is 16.3. The van der Waals surface area contributed by atoms with Crippen LogP contribution in [0.2, 0.25) is 0 Å². The fraction of sp³-hybridized carbons (Fsp3) is 1.00. The first-order valence-electron chi connectivity index (χ1n) is 8.87. The van der Waals surface area contributed by atoms with Crippen LogP contribution < -0.4 is 5.73 Å². The summed E-state index contributed by atoms with van der Waals surface area (Å²) < 4.78 is 0. The second-order valence-electron chi connectivity index (χ2n) is 8.34. The summed E-state index contributed by atoms with van der Waals surface area (Å²) in [6.07, 6.45) is 11.2. The van der Waals surface area contributed by atoms with E-state index in [9.17, 15) is 0 Å². The van der Waals surface area contributed by atoms with Gasteiger partial charge in [0, 0.05) is 12.1 Å². The third-order valence-electron chi connectivity index (χ3n) is 6.06. The molecule has 2 heteroatoms. The van der Waals surface area contributed by atoms with Crippen molar-refractivity contribution in [2.45, 2.75) is 84.2 Å². The molecule has 0 bridgehead atoms. The van der Waals surface area contributed by atoms with Gasteiger partial charge in [0.15, 0.2) is 0 Å². The molecule has 0 aromatic heterocycles. The molecule has 20 heavy (non-hydrogen) atoms. The molecular weight excluding hydrogens is 244 g/mol. The lowest BCUT2D eigenvalue weighted by Gasteiger charge is -2.49. The molecule has 0 spiro atoms. The molecule has 0 aromatic carbocycles. The maximum Gasteiger partial charge on any atom is 0.0136 e. The highest BCUT2D eigenvalue weighted by Crippen LogP contribution is 2.42. The van der Waals surface area contributed by atoms with Crippen molar-refractivity contribution in [3.63, 3.8) is 0 Å². The molecule has 0 aromatic rings. The molecule has 2 aliphatic carbocycles. The van der Waals surface area contributed by atoms with E-state index in [1.807, 2.05) is 0 Å². The smallest absolute Gasteiger partial charge is 0.0136 e. The first-order valence-corrected chi connectivity index (χ1v) is 8.87. The minimum Gasteiger partial charge on any atom is -0.330 e. The standard InChI is InChI=1S/C18H36N2/c1-18(2,3)15-10-6-8-12-17(15)20(4)16-11-7-5-9-14(16)13-19/h14-17H,5-13,19H2,1-4H3. The maximum absolute atomic E-state index is 6.05. The molecule has 0 aliphatic heterocycles. The fourth-order valence-electron chi connectivity index (χ4n) is 4.85. The van der Waals surface area contributed by atoms with Crippen molar-refractivity contribution in [3.8, 4) is 0 Å². The lowest BCUT2D eigenvalue weighted by Crippen LogP contribution is -2.53. The summed E-state index contributed by atoms with van der Waals surface area (Å²) >= 11 is 0. The number of rotatable bonds is 3. The van der Waals surface area contributed by atoms with Gasteiger partial charge in [-0.2, -0.15) is 0 Å². The van der Waals surface area contributed by atoms with Crippen molar-refractivity contribution in [1.82, 2.24) is 4.90 Å². The van der Waals surface area contributed by atoms with Crippen molar-refractivity contribution >= 4 is 0 Å². The molecule has 2 N–H and O–H groups in total. The van der Waals surface area contributed by atoms with Gasteiger partial charge in [-0.25, -0.2) is 0 Å². The van der Waals surface area contributed by atoms with Crippen molar-refractivity contribution in [1.29, 1.82) is 0 Å². The number of nitrogens with two attached hydrogens (primary N) is 1. The van der Waals surface area contributed by atoms with Crippen LogP contribution in [0.3, 0.4) is 0 Å². The van der Waals surface area contributed by atoms with E-state index >= 15 is 0 Å². The van der Waals surface area contributed by atoms with Crippen molar-refractivity contribution < 1.29 is 0 Å². The number of nitrogens with zero attached hydrogens (tertiary/aromatic N) is 1. The van der Waals surface area contributed by atoms with Gasteiger partial charge in [-0.05, 0) is 56.5 Å². The maximum atomic E-state index is 6.05. The highest BCUT2D eigenvalue weighted by atomic mass is 15.2. The number of hydrogen-bond acceptors (Lipinski definition) is 2. The second-order valence-corrected chi connectivity index (χ2v) is 8.34. The zero-order valence-electron chi connectivity index (χ0n) is 14.2. The molecule has 2 aliphatic rings. The van der Waals surface area contributed by atoms with Gasteiger partial charge in [0.2, 0.25) is 0 Å². The molecule has 0 heterocycles. The molecule has 4 unspecified atom stereocenters. The van der Waals surface area contributed by atoms with Crippen LogP contribution in [0.25, 0.3) is 0 Å². The minimum atomic E-state index is 0.437. The Labute approximate surface area is 126 Å². The minimum absolute atomic E-state index is 0.437. The van der Waals surface area contributed by atoms with E-state index in [2.05, 4.69) is 32.7 Å². The summed E-state index contributed by atoms with van der Waals surface area (Å²) in [5, 5.41) is 0. The molecule has 0 radical (unpaired) electrons. The normalized spacial score (nSPS) is 36.3. The molecule has 118 valence electrons. The summed E-state index contributed by atoms with van der Waals surface area (Å²) in [4.78, 5) is 2.76. The molecule has 2 saturated carbocycles. The SMILES string of the molecule is CN(C1CCCCC1CN)C1CCCCC1C(C)(C)C. The zero-order valence-corrected chi connectivity index (χ0v) is 14.2. The van der Waals surface area contributed by atoms with Gasteiger partial charge in [-0.3, -0.25) is 4.90 Å². The molecule has 4 atom stereocenters. The summed E-state index contributed by atoms with van der Waals surface area (Å²) in [5.74, 6) is 1.58. The van der Waals surface area contributed by atoms with E-state index in [0.29, 0.717) is 5.41 Å². The molecule has 2 fully saturated rings. The predicted molar refractivity (Wildman–Crippen MR) is 87.8 cm³/mol. The zero-order chi connectivity index (χ0) is 14.8. The predicted octanol–water partition coefficient (Wildman–Crippen LogP) is 4.04. The highest BCUT2D eigenvalue weighted by molar-refractivity contribution is 4.93. The average Bonchev–Trinajstić information content (AvgIpc) is 2.45. The van der Waals surface area contributed by atoms with Gasteiger partial charge in [-0.15, -0.1) is 0 Å². The largest absolute Gasteiger partial charge is 0.330 e. The van der Waals surface area contributed by atoms with E-state index in [-0.39, 0.29) is 0 Å². The molecule has 0 saturated heterocycles.